The number of fused-ring (bicyclic) bond motifs is 8. The molecule has 2 aliphatic rings. The number of hydrogen-bond donors (Lipinski definition) is 0. The van der Waals surface area contributed by atoms with Crippen molar-refractivity contribution in [1.29, 1.82) is 0 Å². The van der Waals surface area contributed by atoms with Crippen LogP contribution in [0, 0.1) is 5.41 Å². The standard InChI is InChI=1S/C63H46O6P2/c64-70(61(57-49-25-9-1-17-41(49)33-42-18-2-10-26-50(42)57)58-51-27-11-3-19-43(51)34-44-20-4-12-28-52(44)58)66-37-63(38-67-70)39-68-71(65,69-40-63)62(59-53-29-13-5-21-45(53)35-46-22-6-14-30-54(46)59)60-55-31-15-7-23-47(55)36-48-24-8-16-32-56(48)60/h1-36,61-62H,37-40H2. The van der Waals surface area contributed by atoms with Gasteiger partial charge in [-0.05, 0) is 133 Å². The Morgan fingerprint density at radius 1 is 0.282 bits per heavy atom. The lowest BCUT2D eigenvalue weighted by atomic mass is 9.87. The van der Waals surface area contributed by atoms with Gasteiger partial charge in [-0.25, -0.2) is 0 Å². The van der Waals surface area contributed by atoms with Crippen molar-refractivity contribution in [2.75, 3.05) is 26.4 Å². The van der Waals surface area contributed by atoms with Gasteiger partial charge in [0.25, 0.3) is 0 Å². The molecule has 344 valence electrons. The summed E-state index contributed by atoms with van der Waals surface area (Å²) in [5.41, 5.74) is 1.01. The van der Waals surface area contributed by atoms with Crippen LogP contribution >= 0.6 is 15.2 Å². The van der Waals surface area contributed by atoms with E-state index in [4.69, 9.17) is 18.1 Å². The lowest BCUT2D eigenvalue weighted by Crippen LogP contribution is -2.46. The molecule has 0 bridgehead atoms. The lowest BCUT2D eigenvalue weighted by Gasteiger charge is -2.46. The number of benzene rings is 12. The minimum Gasteiger partial charge on any atom is -0.307 e. The Hall–Kier alpha value is -6.98. The average molecular weight is 961 g/mol. The molecule has 0 N–H and O–H groups in total. The molecule has 2 heterocycles. The fourth-order valence-corrected chi connectivity index (χ4v) is 16.8. The van der Waals surface area contributed by atoms with Gasteiger partial charge in [-0.1, -0.05) is 194 Å². The SMILES string of the molecule is O=P1(C(c2c3ccccc3cc3ccccc23)c2c3ccccc3cc3ccccc23)OCC2(CO1)COP(=O)(C(c1c3ccccc3cc3ccccc13)c1c3ccccc3cc3ccccc13)OC2. The molecular formula is C63H46O6P2. The fraction of sp³-hybridized carbons (Fsp3) is 0.111. The van der Waals surface area contributed by atoms with Crippen LogP contribution in [-0.4, -0.2) is 26.4 Å². The summed E-state index contributed by atoms with van der Waals surface area (Å²) >= 11 is 0. The topological polar surface area (TPSA) is 71.1 Å². The zero-order valence-corrected chi connectivity index (χ0v) is 40.4. The van der Waals surface area contributed by atoms with E-state index in [2.05, 4.69) is 121 Å². The fourth-order valence-electron chi connectivity index (χ4n) is 11.8. The quantitative estimate of drug-likeness (QED) is 0.122. The van der Waals surface area contributed by atoms with Gasteiger partial charge in [-0.3, -0.25) is 9.13 Å². The molecule has 0 unspecified atom stereocenters. The Kier molecular flexibility index (Phi) is 9.99. The second-order valence-electron chi connectivity index (χ2n) is 19.4. The number of hydrogen-bond acceptors (Lipinski definition) is 6. The Bertz CT molecular complexity index is 3510. The maximum atomic E-state index is 16.5. The average Bonchev–Trinajstić information content (AvgIpc) is 3.42. The van der Waals surface area contributed by atoms with Crippen molar-refractivity contribution in [1.82, 2.24) is 0 Å². The van der Waals surface area contributed by atoms with E-state index < -0.39 is 31.9 Å². The van der Waals surface area contributed by atoms with Crippen LogP contribution < -0.4 is 0 Å². The van der Waals surface area contributed by atoms with Crippen LogP contribution in [0.15, 0.2) is 218 Å². The first-order valence-corrected chi connectivity index (χ1v) is 27.5. The first kappa shape index (κ1) is 42.9. The molecule has 0 radical (unpaired) electrons. The molecule has 0 saturated carbocycles. The summed E-state index contributed by atoms with van der Waals surface area (Å²) in [4.78, 5) is 0. The van der Waals surface area contributed by atoms with Crippen molar-refractivity contribution in [2.24, 2.45) is 5.41 Å². The molecule has 2 saturated heterocycles. The van der Waals surface area contributed by atoms with Crippen molar-refractivity contribution >= 4 is 101 Å². The van der Waals surface area contributed by atoms with Crippen LogP contribution in [0.25, 0.3) is 86.2 Å². The minimum absolute atomic E-state index is 0.00520. The third-order valence-corrected chi connectivity index (χ3v) is 19.4. The van der Waals surface area contributed by atoms with Crippen LogP contribution in [0.1, 0.15) is 33.6 Å². The van der Waals surface area contributed by atoms with E-state index in [9.17, 15) is 0 Å². The third-order valence-electron chi connectivity index (χ3n) is 15.2. The van der Waals surface area contributed by atoms with E-state index >= 15 is 9.13 Å². The first-order chi connectivity index (χ1) is 34.9. The van der Waals surface area contributed by atoms with Gasteiger partial charge in [0, 0.05) is 0 Å². The molecule has 14 rings (SSSR count). The van der Waals surface area contributed by atoms with Gasteiger partial charge in [-0.2, -0.15) is 0 Å². The highest BCUT2D eigenvalue weighted by atomic mass is 31.2. The highest BCUT2D eigenvalue weighted by molar-refractivity contribution is 7.55. The summed E-state index contributed by atoms with van der Waals surface area (Å²) in [6, 6.07) is 75.3. The lowest BCUT2D eigenvalue weighted by molar-refractivity contribution is -0.0702. The third kappa shape index (κ3) is 6.85. The predicted octanol–water partition coefficient (Wildman–Crippen LogP) is 17.3. The Labute approximate surface area is 410 Å². The molecule has 0 aliphatic carbocycles. The van der Waals surface area contributed by atoms with Crippen molar-refractivity contribution in [3.05, 3.63) is 241 Å². The van der Waals surface area contributed by atoms with E-state index in [0.717, 1.165) is 108 Å². The van der Waals surface area contributed by atoms with Crippen molar-refractivity contribution < 1.29 is 27.2 Å². The summed E-state index contributed by atoms with van der Waals surface area (Å²) in [6.45, 7) is 0.0208. The van der Waals surface area contributed by atoms with Gasteiger partial charge in [0.2, 0.25) is 0 Å². The maximum Gasteiger partial charge on any atom is 0.342 e. The monoisotopic (exact) mass is 960 g/mol. The molecule has 1 spiro atoms. The summed E-state index contributed by atoms with van der Waals surface area (Å²) in [7, 11) is -8.23. The van der Waals surface area contributed by atoms with Gasteiger partial charge in [0.05, 0.1) is 31.8 Å². The number of rotatable bonds is 6. The van der Waals surface area contributed by atoms with Gasteiger partial charge in [0.15, 0.2) is 0 Å². The van der Waals surface area contributed by atoms with Gasteiger partial charge >= 0.3 is 15.2 Å². The van der Waals surface area contributed by atoms with Gasteiger partial charge in [0.1, 0.15) is 11.3 Å². The van der Waals surface area contributed by atoms with E-state index in [1.54, 1.807) is 0 Å². The minimum atomic E-state index is -4.11. The zero-order chi connectivity index (χ0) is 47.3. The molecule has 0 aromatic heterocycles. The molecule has 0 atom stereocenters. The summed E-state index contributed by atoms with van der Waals surface area (Å²) < 4.78 is 60.7. The molecule has 2 fully saturated rings. The second kappa shape index (κ2) is 16.6. The molecular weight excluding hydrogens is 915 g/mol. The maximum absolute atomic E-state index is 16.5. The summed E-state index contributed by atoms with van der Waals surface area (Å²) in [6.07, 6.45) is 0. The van der Waals surface area contributed by atoms with Crippen molar-refractivity contribution in [3.8, 4) is 0 Å². The second-order valence-corrected chi connectivity index (χ2v) is 23.6. The summed E-state index contributed by atoms with van der Waals surface area (Å²) in [5.74, 6) is 0. The Morgan fingerprint density at radius 3 is 0.634 bits per heavy atom. The normalized spacial score (nSPS) is 20.8. The smallest absolute Gasteiger partial charge is 0.307 e. The Morgan fingerprint density at radius 2 is 0.451 bits per heavy atom. The molecule has 12 aromatic carbocycles. The van der Waals surface area contributed by atoms with E-state index in [0.29, 0.717) is 0 Å². The molecule has 8 heteroatoms. The predicted molar refractivity (Wildman–Crippen MR) is 291 cm³/mol. The van der Waals surface area contributed by atoms with E-state index in [-0.39, 0.29) is 26.4 Å². The Balaban J connectivity index is 0.909. The van der Waals surface area contributed by atoms with Crippen LogP contribution in [0.2, 0.25) is 0 Å². The molecule has 12 aromatic rings. The van der Waals surface area contributed by atoms with Crippen molar-refractivity contribution in [3.63, 3.8) is 0 Å². The molecule has 71 heavy (non-hydrogen) atoms. The first-order valence-electron chi connectivity index (χ1n) is 24.3. The molecule has 0 amide bonds. The zero-order valence-electron chi connectivity index (χ0n) is 38.6. The van der Waals surface area contributed by atoms with Crippen molar-refractivity contribution in [2.45, 2.75) is 11.3 Å². The molecule has 6 nitrogen and oxygen atoms in total. The van der Waals surface area contributed by atoms with Crippen LogP contribution in [0.5, 0.6) is 0 Å². The largest absolute Gasteiger partial charge is 0.342 e. The molecule has 2 aliphatic heterocycles. The van der Waals surface area contributed by atoms with Gasteiger partial charge < -0.3 is 18.1 Å². The van der Waals surface area contributed by atoms with Crippen LogP contribution in [-0.2, 0) is 27.2 Å². The van der Waals surface area contributed by atoms with Gasteiger partial charge in [-0.15, -0.1) is 0 Å². The summed E-state index contributed by atoms with van der Waals surface area (Å²) in [5, 5.41) is 16.1. The highest BCUT2D eigenvalue weighted by Crippen LogP contribution is 2.73. The van der Waals surface area contributed by atoms with Crippen LogP contribution in [0.3, 0.4) is 0 Å². The van der Waals surface area contributed by atoms with E-state index in [1.165, 1.54) is 0 Å². The highest BCUT2D eigenvalue weighted by Gasteiger charge is 2.55. The van der Waals surface area contributed by atoms with E-state index in [1.807, 2.05) is 97.1 Å². The van der Waals surface area contributed by atoms with Crippen LogP contribution in [0.4, 0.5) is 0 Å².